The first-order chi connectivity index (χ1) is 8.22. The maximum atomic E-state index is 12.4. The average molecular weight is 232 g/mol. The average Bonchev–Trinajstić information content (AvgIpc) is 2.97. The van der Waals surface area contributed by atoms with Crippen LogP contribution in [0.4, 0.5) is 5.69 Å². The molecule has 0 unspecified atom stereocenters. The topological polar surface area (TPSA) is 55.6 Å². The van der Waals surface area contributed by atoms with Gasteiger partial charge in [0.15, 0.2) is 0 Å². The number of nitrogens with two attached hydrogens (primary N) is 1. The monoisotopic (exact) mass is 232 g/mol. The number of hydroxylamine groups is 2. The van der Waals surface area contributed by atoms with E-state index in [0.717, 1.165) is 37.1 Å². The summed E-state index contributed by atoms with van der Waals surface area (Å²) < 4.78 is 0. The van der Waals surface area contributed by atoms with Gasteiger partial charge in [0, 0.05) is 5.69 Å². The first kappa shape index (κ1) is 10.6. The van der Waals surface area contributed by atoms with E-state index in [9.17, 15) is 4.79 Å². The molecule has 4 heteroatoms. The van der Waals surface area contributed by atoms with Gasteiger partial charge in [-0.15, -0.1) is 0 Å². The van der Waals surface area contributed by atoms with Gasteiger partial charge in [-0.25, -0.2) is 5.06 Å². The van der Waals surface area contributed by atoms with Crippen LogP contribution in [0.1, 0.15) is 24.8 Å². The van der Waals surface area contributed by atoms with E-state index in [2.05, 4.69) is 0 Å². The summed E-state index contributed by atoms with van der Waals surface area (Å²) in [6, 6.07) is 7.62. The third kappa shape index (κ3) is 1.69. The summed E-state index contributed by atoms with van der Waals surface area (Å²) >= 11 is 0. The van der Waals surface area contributed by atoms with Crippen LogP contribution in [0.2, 0.25) is 0 Å². The van der Waals surface area contributed by atoms with Crippen molar-refractivity contribution in [2.45, 2.75) is 24.7 Å². The summed E-state index contributed by atoms with van der Waals surface area (Å²) in [5.74, 6) is 0.111. The van der Waals surface area contributed by atoms with Crippen molar-refractivity contribution >= 4 is 11.6 Å². The predicted octanol–water partition coefficient (Wildman–Crippen LogP) is 1.46. The van der Waals surface area contributed by atoms with Crippen LogP contribution in [0.3, 0.4) is 0 Å². The Hall–Kier alpha value is -1.55. The first-order valence-corrected chi connectivity index (χ1v) is 6.03. The zero-order chi connectivity index (χ0) is 11.9. The minimum atomic E-state index is -0.335. The lowest BCUT2D eigenvalue weighted by Crippen LogP contribution is -2.36. The molecule has 90 valence electrons. The molecule has 0 aromatic heterocycles. The highest BCUT2D eigenvalue weighted by Gasteiger charge is 2.53. The quantitative estimate of drug-likeness (QED) is 0.785. The standard InChI is InChI=1S/C13H16N2O2/c14-11-4-2-10(3-5-11)13(6-7-13)12(16)15-8-1-9-17-15/h2-5H,1,6-9,14H2. The van der Waals surface area contributed by atoms with Crippen LogP contribution < -0.4 is 5.73 Å². The van der Waals surface area contributed by atoms with Gasteiger partial charge in [-0.05, 0) is 37.0 Å². The van der Waals surface area contributed by atoms with Gasteiger partial charge in [0.05, 0.1) is 18.6 Å². The number of carbonyl (C=O) groups is 1. The fourth-order valence-electron chi connectivity index (χ4n) is 2.40. The summed E-state index contributed by atoms with van der Waals surface area (Å²) in [6.45, 7) is 1.37. The maximum Gasteiger partial charge on any atom is 0.256 e. The molecule has 2 aliphatic rings. The molecule has 0 radical (unpaired) electrons. The van der Waals surface area contributed by atoms with E-state index < -0.39 is 0 Å². The molecule has 1 amide bonds. The van der Waals surface area contributed by atoms with Crippen LogP contribution >= 0.6 is 0 Å². The highest BCUT2D eigenvalue weighted by molar-refractivity contribution is 5.90. The second-order valence-corrected chi connectivity index (χ2v) is 4.80. The van der Waals surface area contributed by atoms with Crippen LogP contribution in [-0.4, -0.2) is 24.1 Å². The van der Waals surface area contributed by atoms with Crippen LogP contribution in [0.25, 0.3) is 0 Å². The number of hydrogen-bond acceptors (Lipinski definition) is 3. The number of nitrogens with zero attached hydrogens (tertiary/aromatic N) is 1. The molecule has 2 N–H and O–H groups in total. The van der Waals surface area contributed by atoms with Crippen molar-refractivity contribution in [3.05, 3.63) is 29.8 Å². The lowest BCUT2D eigenvalue weighted by Gasteiger charge is -2.21. The molecule has 0 bridgehead atoms. The second-order valence-electron chi connectivity index (χ2n) is 4.80. The zero-order valence-corrected chi connectivity index (χ0v) is 9.69. The Balaban J connectivity index is 1.85. The lowest BCUT2D eigenvalue weighted by atomic mass is 9.94. The van der Waals surface area contributed by atoms with Crippen molar-refractivity contribution in [1.82, 2.24) is 5.06 Å². The molecule has 1 heterocycles. The highest BCUT2D eigenvalue weighted by Crippen LogP contribution is 2.50. The summed E-state index contributed by atoms with van der Waals surface area (Å²) in [7, 11) is 0. The molecule has 1 saturated heterocycles. The van der Waals surface area contributed by atoms with Crippen LogP contribution in [0.5, 0.6) is 0 Å². The van der Waals surface area contributed by atoms with Gasteiger partial charge in [0.1, 0.15) is 0 Å². The largest absolute Gasteiger partial charge is 0.399 e. The summed E-state index contributed by atoms with van der Waals surface area (Å²) in [4.78, 5) is 17.7. The van der Waals surface area contributed by atoms with Gasteiger partial charge in [-0.1, -0.05) is 12.1 Å². The fourth-order valence-corrected chi connectivity index (χ4v) is 2.40. The predicted molar refractivity (Wildman–Crippen MR) is 64.0 cm³/mol. The summed E-state index contributed by atoms with van der Waals surface area (Å²) in [5.41, 5.74) is 7.13. The number of nitrogen functional groups attached to an aromatic ring is 1. The number of rotatable bonds is 2. The summed E-state index contributed by atoms with van der Waals surface area (Å²) in [5, 5.41) is 1.53. The second kappa shape index (κ2) is 3.74. The molecule has 2 fully saturated rings. The Labute approximate surface area is 100 Å². The third-order valence-electron chi connectivity index (χ3n) is 3.60. The number of carbonyl (C=O) groups excluding carboxylic acids is 1. The fraction of sp³-hybridized carbons (Fsp3) is 0.462. The zero-order valence-electron chi connectivity index (χ0n) is 9.69. The Morgan fingerprint density at radius 1 is 1.29 bits per heavy atom. The maximum absolute atomic E-state index is 12.4. The van der Waals surface area contributed by atoms with Crippen molar-refractivity contribution in [3.63, 3.8) is 0 Å². The molecule has 1 aromatic carbocycles. The molecular weight excluding hydrogens is 216 g/mol. The van der Waals surface area contributed by atoms with E-state index in [-0.39, 0.29) is 11.3 Å². The highest BCUT2D eigenvalue weighted by atomic mass is 16.7. The first-order valence-electron chi connectivity index (χ1n) is 6.03. The van der Waals surface area contributed by atoms with Gasteiger partial charge in [0.2, 0.25) is 0 Å². The lowest BCUT2D eigenvalue weighted by molar-refractivity contribution is -0.171. The van der Waals surface area contributed by atoms with Crippen molar-refractivity contribution < 1.29 is 9.63 Å². The van der Waals surface area contributed by atoms with Crippen LogP contribution in [0, 0.1) is 0 Å². The van der Waals surface area contributed by atoms with Crippen molar-refractivity contribution in [3.8, 4) is 0 Å². The Morgan fingerprint density at radius 3 is 2.53 bits per heavy atom. The Bertz CT molecular complexity index is 431. The van der Waals surface area contributed by atoms with Crippen LogP contribution in [-0.2, 0) is 15.0 Å². The SMILES string of the molecule is Nc1ccc(C2(C(=O)N3CCCO3)CC2)cc1. The van der Waals surface area contributed by atoms with E-state index in [1.54, 1.807) is 0 Å². The molecular formula is C13H16N2O2. The molecule has 1 aromatic rings. The van der Waals surface area contributed by atoms with Gasteiger partial charge in [-0.2, -0.15) is 0 Å². The molecule has 17 heavy (non-hydrogen) atoms. The minimum absolute atomic E-state index is 0.111. The number of benzene rings is 1. The Morgan fingerprint density at radius 2 is 2.00 bits per heavy atom. The van der Waals surface area contributed by atoms with E-state index in [1.165, 1.54) is 5.06 Å². The number of amides is 1. The Kier molecular flexibility index (Phi) is 2.33. The van der Waals surface area contributed by atoms with E-state index in [0.29, 0.717) is 6.61 Å². The number of hydrogen-bond donors (Lipinski definition) is 1. The molecule has 1 saturated carbocycles. The molecule has 4 nitrogen and oxygen atoms in total. The van der Waals surface area contributed by atoms with Crippen molar-refractivity contribution in [2.75, 3.05) is 18.9 Å². The van der Waals surface area contributed by atoms with Gasteiger partial charge in [-0.3, -0.25) is 9.63 Å². The summed E-state index contributed by atoms with van der Waals surface area (Å²) in [6.07, 6.45) is 2.76. The van der Waals surface area contributed by atoms with Gasteiger partial charge < -0.3 is 5.73 Å². The molecule has 0 atom stereocenters. The van der Waals surface area contributed by atoms with Crippen molar-refractivity contribution in [2.24, 2.45) is 0 Å². The van der Waals surface area contributed by atoms with Gasteiger partial charge in [0.25, 0.3) is 5.91 Å². The molecule has 1 aliphatic carbocycles. The molecule has 3 rings (SSSR count). The van der Waals surface area contributed by atoms with Gasteiger partial charge >= 0.3 is 0 Å². The van der Waals surface area contributed by atoms with E-state index in [4.69, 9.17) is 10.6 Å². The minimum Gasteiger partial charge on any atom is -0.399 e. The van der Waals surface area contributed by atoms with E-state index >= 15 is 0 Å². The van der Waals surface area contributed by atoms with Crippen molar-refractivity contribution in [1.29, 1.82) is 0 Å². The number of anilines is 1. The molecule has 1 aliphatic heterocycles. The molecule has 0 spiro atoms. The smallest absolute Gasteiger partial charge is 0.256 e. The van der Waals surface area contributed by atoms with Crippen LogP contribution in [0.15, 0.2) is 24.3 Å². The normalized spacial score (nSPS) is 21.5. The van der Waals surface area contributed by atoms with E-state index in [1.807, 2.05) is 24.3 Å². The third-order valence-corrected chi connectivity index (χ3v) is 3.60.